The zero-order chi connectivity index (χ0) is 19.7. The Kier molecular flexibility index (Phi) is 4.65. The summed E-state index contributed by atoms with van der Waals surface area (Å²) < 4.78 is 29.7. The Labute approximate surface area is 165 Å². The number of tetrazole rings is 1. The van der Waals surface area contributed by atoms with Gasteiger partial charge >= 0.3 is 0 Å². The van der Waals surface area contributed by atoms with E-state index in [4.69, 9.17) is 0 Å². The fraction of sp³-hybridized carbons (Fsp3) is 0.0556. The summed E-state index contributed by atoms with van der Waals surface area (Å²) in [5, 5.41) is 23.5. The van der Waals surface area contributed by atoms with Crippen LogP contribution in [0.5, 0.6) is 5.75 Å². The molecule has 3 aromatic carbocycles. The van der Waals surface area contributed by atoms with Crippen LogP contribution < -0.4 is 4.72 Å². The molecule has 0 saturated heterocycles. The van der Waals surface area contributed by atoms with E-state index in [1.165, 1.54) is 16.8 Å². The second-order valence-corrected chi connectivity index (χ2v) is 8.61. The standard InChI is InChI=1S/C18H15N5O3S2/c1-23-18(19-21-22-23)27-16-11-15(13-9-5-6-10-14(13)17(16)24)20-28(25,26)12-7-3-2-4-8-12/h2-11,20,24H,1H3. The van der Waals surface area contributed by atoms with Crippen molar-refractivity contribution in [1.29, 1.82) is 0 Å². The number of rotatable bonds is 5. The monoisotopic (exact) mass is 413 g/mol. The van der Waals surface area contributed by atoms with Crippen LogP contribution in [-0.2, 0) is 17.1 Å². The van der Waals surface area contributed by atoms with Crippen LogP contribution in [-0.4, -0.2) is 33.7 Å². The molecule has 0 bridgehead atoms. The topological polar surface area (TPSA) is 110 Å². The Hall–Kier alpha value is -3.11. The molecule has 1 aromatic heterocycles. The van der Waals surface area contributed by atoms with E-state index in [2.05, 4.69) is 20.2 Å². The fourth-order valence-electron chi connectivity index (χ4n) is 2.71. The smallest absolute Gasteiger partial charge is 0.261 e. The predicted molar refractivity (Wildman–Crippen MR) is 106 cm³/mol. The minimum absolute atomic E-state index is 0.0336. The molecule has 0 spiro atoms. The van der Waals surface area contributed by atoms with Crippen molar-refractivity contribution in [2.24, 2.45) is 7.05 Å². The van der Waals surface area contributed by atoms with E-state index in [-0.39, 0.29) is 10.6 Å². The lowest BCUT2D eigenvalue weighted by molar-refractivity contribution is 0.469. The number of phenols is 1. The van der Waals surface area contributed by atoms with Crippen LogP contribution in [0.15, 0.2) is 75.6 Å². The van der Waals surface area contributed by atoms with Crippen LogP contribution in [0.25, 0.3) is 10.8 Å². The van der Waals surface area contributed by atoms with Gasteiger partial charge in [0.15, 0.2) is 0 Å². The van der Waals surface area contributed by atoms with Crippen LogP contribution in [0.1, 0.15) is 0 Å². The number of sulfonamides is 1. The highest BCUT2D eigenvalue weighted by atomic mass is 32.2. The van der Waals surface area contributed by atoms with Gasteiger partial charge in [0.1, 0.15) is 5.75 Å². The van der Waals surface area contributed by atoms with Crippen molar-refractivity contribution in [2.75, 3.05) is 4.72 Å². The molecule has 4 rings (SSSR count). The Morgan fingerprint density at radius 2 is 1.71 bits per heavy atom. The average molecular weight is 413 g/mol. The summed E-state index contributed by atoms with van der Waals surface area (Å²) in [4.78, 5) is 0.584. The molecule has 28 heavy (non-hydrogen) atoms. The lowest BCUT2D eigenvalue weighted by Gasteiger charge is -2.14. The lowest BCUT2D eigenvalue weighted by Crippen LogP contribution is -2.13. The molecule has 0 fully saturated rings. The molecule has 0 aliphatic rings. The van der Waals surface area contributed by atoms with Crippen molar-refractivity contribution in [3.05, 3.63) is 60.7 Å². The van der Waals surface area contributed by atoms with E-state index < -0.39 is 10.0 Å². The quantitative estimate of drug-likeness (QED) is 0.484. The van der Waals surface area contributed by atoms with Gasteiger partial charge in [0.2, 0.25) is 5.16 Å². The van der Waals surface area contributed by atoms with Crippen LogP contribution in [0.2, 0.25) is 0 Å². The number of hydrogen-bond acceptors (Lipinski definition) is 7. The van der Waals surface area contributed by atoms with E-state index in [9.17, 15) is 13.5 Å². The maximum atomic E-state index is 12.8. The number of benzene rings is 3. The number of nitrogens with one attached hydrogen (secondary N) is 1. The van der Waals surface area contributed by atoms with Crippen molar-refractivity contribution in [1.82, 2.24) is 20.2 Å². The summed E-state index contributed by atoms with van der Waals surface area (Å²) in [6.07, 6.45) is 0. The first kappa shape index (κ1) is 18.3. The molecule has 10 heteroatoms. The van der Waals surface area contributed by atoms with E-state index in [1.54, 1.807) is 55.6 Å². The molecule has 4 aromatic rings. The normalized spacial score (nSPS) is 11.6. The Bertz CT molecular complexity index is 1260. The van der Waals surface area contributed by atoms with Gasteiger partial charge < -0.3 is 5.11 Å². The number of aromatic hydroxyl groups is 1. The third-order valence-electron chi connectivity index (χ3n) is 4.06. The zero-order valence-electron chi connectivity index (χ0n) is 14.6. The minimum Gasteiger partial charge on any atom is -0.506 e. The van der Waals surface area contributed by atoms with Gasteiger partial charge in [-0.25, -0.2) is 13.1 Å². The Morgan fingerprint density at radius 1 is 1.04 bits per heavy atom. The Morgan fingerprint density at radius 3 is 2.39 bits per heavy atom. The van der Waals surface area contributed by atoms with Crippen LogP contribution in [0, 0.1) is 0 Å². The highest BCUT2D eigenvalue weighted by molar-refractivity contribution is 7.99. The zero-order valence-corrected chi connectivity index (χ0v) is 16.3. The molecule has 0 aliphatic carbocycles. The van der Waals surface area contributed by atoms with Crippen LogP contribution >= 0.6 is 11.8 Å². The van der Waals surface area contributed by atoms with Gasteiger partial charge in [-0.1, -0.05) is 42.5 Å². The van der Waals surface area contributed by atoms with Crippen molar-refractivity contribution in [2.45, 2.75) is 14.9 Å². The number of hydrogen-bond donors (Lipinski definition) is 2. The summed E-state index contributed by atoms with van der Waals surface area (Å²) in [7, 11) is -2.11. The number of aryl methyl sites for hydroxylation is 1. The third-order valence-corrected chi connectivity index (χ3v) is 6.50. The number of nitrogens with zero attached hydrogens (tertiary/aromatic N) is 4. The number of aromatic nitrogens is 4. The lowest BCUT2D eigenvalue weighted by atomic mass is 10.1. The van der Waals surface area contributed by atoms with Crippen molar-refractivity contribution in [3.63, 3.8) is 0 Å². The Balaban J connectivity index is 1.83. The molecule has 0 radical (unpaired) electrons. The molecule has 2 N–H and O–H groups in total. The van der Waals surface area contributed by atoms with Crippen molar-refractivity contribution in [3.8, 4) is 5.75 Å². The maximum Gasteiger partial charge on any atom is 0.261 e. The number of phenolic OH excluding ortho intramolecular Hbond substituents is 1. The van der Waals surface area contributed by atoms with E-state index in [0.29, 0.717) is 26.5 Å². The van der Waals surface area contributed by atoms with Gasteiger partial charge in [0.05, 0.1) is 15.5 Å². The molecular weight excluding hydrogens is 398 g/mol. The highest BCUT2D eigenvalue weighted by Crippen LogP contribution is 2.42. The molecule has 142 valence electrons. The van der Waals surface area contributed by atoms with Crippen LogP contribution in [0.4, 0.5) is 5.69 Å². The van der Waals surface area contributed by atoms with E-state index in [0.717, 1.165) is 11.8 Å². The van der Waals surface area contributed by atoms with Crippen LogP contribution in [0.3, 0.4) is 0 Å². The third kappa shape index (κ3) is 3.39. The summed E-state index contributed by atoms with van der Waals surface area (Å²) in [5.74, 6) is 0.0336. The van der Waals surface area contributed by atoms with Gasteiger partial charge in [-0.2, -0.15) is 0 Å². The summed E-state index contributed by atoms with van der Waals surface area (Å²) >= 11 is 1.14. The first-order valence-corrected chi connectivity index (χ1v) is 10.5. The summed E-state index contributed by atoms with van der Waals surface area (Å²) in [6.45, 7) is 0. The summed E-state index contributed by atoms with van der Waals surface area (Å²) in [5.41, 5.74) is 0.356. The molecular formula is C18H15N5O3S2. The molecule has 1 heterocycles. The SMILES string of the molecule is Cn1nnnc1Sc1cc(NS(=O)(=O)c2ccccc2)c2ccccc2c1O. The second-order valence-electron chi connectivity index (χ2n) is 5.92. The molecule has 0 amide bonds. The molecule has 8 nitrogen and oxygen atoms in total. The second kappa shape index (κ2) is 7.13. The largest absolute Gasteiger partial charge is 0.506 e. The fourth-order valence-corrected chi connectivity index (χ4v) is 4.62. The molecule has 0 aliphatic heterocycles. The average Bonchev–Trinajstić information content (AvgIpc) is 3.10. The number of fused-ring (bicyclic) bond motifs is 1. The van der Waals surface area contributed by atoms with E-state index >= 15 is 0 Å². The maximum absolute atomic E-state index is 12.8. The molecule has 0 unspecified atom stereocenters. The predicted octanol–water partition coefficient (Wildman–Crippen LogP) is 3.02. The number of anilines is 1. The molecule has 0 atom stereocenters. The van der Waals surface area contributed by atoms with Gasteiger partial charge in [0.25, 0.3) is 10.0 Å². The van der Waals surface area contributed by atoms with Gasteiger partial charge in [0, 0.05) is 17.8 Å². The van der Waals surface area contributed by atoms with E-state index in [1.807, 2.05) is 0 Å². The first-order valence-electron chi connectivity index (χ1n) is 8.18. The van der Waals surface area contributed by atoms with Crippen molar-refractivity contribution < 1.29 is 13.5 Å². The van der Waals surface area contributed by atoms with Crippen molar-refractivity contribution >= 4 is 38.2 Å². The van der Waals surface area contributed by atoms with Gasteiger partial charge in [-0.05, 0) is 40.4 Å². The minimum atomic E-state index is -3.79. The van der Waals surface area contributed by atoms with Gasteiger partial charge in [-0.15, -0.1) is 5.10 Å². The molecule has 0 saturated carbocycles. The van der Waals surface area contributed by atoms with Gasteiger partial charge in [-0.3, -0.25) is 4.72 Å². The first-order chi connectivity index (χ1) is 13.5. The summed E-state index contributed by atoms with van der Waals surface area (Å²) in [6, 6.07) is 16.7. The highest BCUT2D eigenvalue weighted by Gasteiger charge is 2.19.